The largest absolute Gasteiger partial charge is 0.490 e. The van der Waals surface area contributed by atoms with Gasteiger partial charge in [-0.25, -0.2) is 0 Å². The van der Waals surface area contributed by atoms with Crippen LogP contribution in [0.2, 0.25) is 0 Å². The highest BCUT2D eigenvalue weighted by Gasteiger charge is 2.12. The van der Waals surface area contributed by atoms with Crippen molar-refractivity contribution in [3.63, 3.8) is 0 Å². The number of carbonyl (C=O) groups excluding carboxylic acids is 1. The second kappa shape index (κ2) is 7.51. The standard InChI is InChI=1S/C14H16N4O3S2/c1-15-13-17-18-14(23-13)22-8-12(19)16-9-3-4-10-11(7-9)21-6-2-5-20-10/h3-4,7H,2,5-6,8H2,1H3,(H,15,17)(H,16,19). The van der Waals surface area contributed by atoms with Gasteiger partial charge in [-0.2, -0.15) is 0 Å². The van der Waals surface area contributed by atoms with Gasteiger partial charge in [0.2, 0.25) is 11.0 Å². The van der Waals surface area contributed by atoms with Crippen LogP contribution >= 0.6 is 23.1 Å². The molecule has 2 heterocycles. The van der Waals surface area contributed by atoms with E-state index >= 15 is 0 Å². The van der Waals surface area contributed by atoms with Gasteiger partial charge in [0.15, 0.2) is 15.8 Å². The van der Waals surface area contributed by atoms with E-state index in [1.807, 2.05) is 6.07 Å². The first-order chi connectivity index (χ1) is 11.2. The Morgan fingerprint density at radius 3 is 2.91 bits per heavy atom. The lowest BCUT2D eigenvalue weighted by Gasteiger charge is -2.10. The van der Waals surface area contributed by atoms with E-state index in [0.717, 1.165) is 15.9 Å². The highest BCUT2D eigenvalue weighted by molar-refractivity contribution is 8.01. The minimum Gasteiger partial charge on any atom is -0.490 e. The molecule has 23 heavy (non-hydrogen) atoms. The van der Waals surface area contributed by atoms with Crippen molar-refractivity contribution in [2.75, 3.05) is 36.6 Å². The molecule has 0 unspecified atom stereocenters. The predicted molar refractivity (Wildman–Crippen MR) is 90.9 cm³/mol. The second-order valence-corrected chi connectivity index (χ2v) is 6.87. The summed E-state index contributed by atoms with van der Waals surface area (Å²) in [6, 6.07) is 5.40. The van der Waals surface area contributed by atoms with Crippen molar-refractivity contribution in [3.8, 4) is 11.5 Å². The summed E-state index contributed by atoms with van der Waals surface area (Å²) in [6.45, 7) is 1.26. The van der Waals surface area contributed by atoms with Gasteiger partial charge in [-0.15, -0.1) is 10.2 Å². The zero-order chi connectivity index (χ0) is 16.1. The molecule has 3 rings (SSSR count). The lowest BCUT2D eigenvalue weighted by atomic mass is 10.2. The fraction of sp³-hybridized carbons (Fsp3) is 0.357. The smallest absolute Gasteiger partial charge is 0.234 e. The van der Waals surface area contributed by atoms with Crippen molar-refractivity contribution in [1.29, 1.82) is 0 Å². The van der Waals surface area contributed by atoms with Crippen molar-refractivity contribution < 1.29 is 14.3 Å². The molecular weight excluding hydrogens is 336 g/mol. The molecule has 1 aliphatic rings. The Morgan fingerprint density at radius 2 is 2.13 bits per heavy atom. The molecule has 0 saturated heterocycles. The quantitative estimate of drug-likeness (QED) is 0.800. The average Bonchev–Trinajstić information content (AvgIpc) is 2.90. The molecule has 0 atom stereocenters. The average molecular weight is 352 g/mol. The molecule has 0 fully saturated rings. The molecule has 1 aromatic heterocycles. The number of amides is 1. The van der Waals surface area contributed by atoms with Gasteiger partial charge in [-0.1, -0.05) is 23.1 Å². The number of thioether (sulfide) groups is 1. The Bertz CT molecular complexity index is 692. The first kappa shape index (κ1) is 15.9. The van der Waals surface area contributed by atoms with E-state index in [1.165, 1.54) is 23.1 Å². The molecule has 7 nitrogen and oxygen atoms in total. The SMILES string of the molecule is CNc1nnc(SCC(=O)Nc2ccc3c(c2)OCCCO3)s1. The van der Waals surface area contributed by atoms with Crippen LogP contribution in [-0.2, 0) is 4.79 Å². The third-order valence-corrected chi connectivity index (χ3v) is 5.05. The summed E-state index contributed by atoms with van der Waals surface area (Å²) in [5.74, 6) is 1.54. The molecule has 122 valence electrons. The number of ether oxygens (including phenoxy) is 2. The molecule has 0 radical (unpaired) electrons. The van der Waals surface area contributed by atoms with Crippen LogP contribution in [0.1, 0.15) is 6.42 Å². The van der Waals surface area contributed by atoms with Crippen molar-refractivity contribution in [3.05, 3.63) is 18.2 Å². The van der Waals surface area contributed by atoms with Crippen molar-refractivity contribution in [2.24, 2.45) is 0 Å². The Hall–Kier alpha value is -2.00. The number of rotatable bonds is 5. The van der Waals surface area contributed by atoms with E-state index in [9.17, 15) is 4.79 Å². The Labute approximate surface area is 141 Å². The number of benzene rings is 1. The first-order valence-electron chi connectivity index (χ1n) is 7.08. The van der Waals surface area contributed by atoms with Crippen molar-refractivity contribution in [1.82, 2.24) is 10.2 Å². The van der Waals surface area contributed by atoms with Crippen LogP contribution in [0.25, 0.3) is 0 Å². The highest BCUT2D eigenvalue weighted by Crippen LogP contribution is 2.32. The maximum absolute atomic E-state index is 12.0. The zero-order valence-electron chi connectivity index (χ0n) is 12.5. The fourth-order valence-electron chi connectivity index (χ4n) is 1.93. The summed E-state index contributed by atoms with van der Waals surface area (Å²) >= 11 is 2.77. The Morgan fingerprint density at radius 1 is 1.30 bits per heavy atom. The zero-order valence-corrected chi connectivity index (χ0v) is 14.1. The van der Waals surface area contributed by atoms with Gasteiger partial charge in [0.1, 0.15) is 0 Å². The van der Waals surface area contributed by atoms with Crippen LogP contribution in [0.15, 0.2) is 22.5 Å². The van der Waals surface area contributed by atoms with Gasteiger partial charge >= 0.3 is 0 Å². The van der Waals surface area contributed by atoms with E-state index in [0.29, 0.717) is 30.4 Å². The monoisotopic (exact) mass is 352 g/mol. The molecule has 0 saturated carbocycles. The van der Waals surface area contributed by atoms with Gasteiger partial charge in [0.05, 0.1) is 19.0 Å². The number of carbonyl (C=O) groups is 1. The number of aromatic nitrogens is 2. The fourth-order valence-corrected chi connectivity index (χ4v) is 3.44. The van der Waals surface area contributed by atoms with E-state index in [1.54, 1.807) is 19.2 Å². The minimum absolute atomic E-state index is 0.106. The van der Waals surface area contributed by atoms with Crippen LogP contribution < -0.4 is 20.1 Å². The van der Waals surface area contributed by atoms with E-state index in [-0.39, 0.29) is 11.7 Å². The molecular formula is C14H16N4O3S2. The maximum atomic E-state index is 12.0. The van der Waals surface area contributed by atoms with Gasteiger partial charge in [-0.05, 0) is 12.1 Å². The summed E-state index contributed by atoms with van der Waals surface area (Å²) in [5.41, 5.74) is 0.688. The molecule has 9 heteroatoms. The van der Waals surface area contributed by atoms with Crippen molar-refractivity contribution >= 4 is 39.8 Å². The Balaban J connectivity index is 1.56. The molecule has 0 bridgehead atoms. The van der Waals surface area contributed by atoms with Crippen LogP contribution in [0.3, 0.4) is 0 Å². The van der Waals surface area contributed by atoms with E-state index in [4.69, 9.17) is 9.47 Å². The number of nitrogens with one attached hydrogen (secondary N) is 2. The number of hydrogen-bond acceptors (Lipinski definition) is 8. The molecule has 1 amide bonds. The summed E-state index contributed by atoms with van der Waals surface area (Å²) in [4.78, 5) is 12.0. The molecule has 0 spiro atoms. The van der Waals surface area contributed by atoms with Gasteiger partial charge in [0.25, 0.3) is 0 Å². The third kappa shape index (κ3) is 4.26. The maximum Gasteiger partial charge on any atom is 0.234 e. The lowest BCUT2D eigenvalue weighted by molar-refractivity contribution is -0.113. The highest BCUT2D eigenvalue weighted by atomic mass is 32.2. The molecule has 2 N–H and O–H groups in total. The predicted octanol–water partition coefficient (Wildman–Crippen LogP) is 2.47. The Kier molecular flexibility index (Phi) is 5.19. The summed E-state index contributed by atoms with van der Waals surface area (Å²) in [6.07, 6.45) is 0.851. The van der Waals surface area contributed by atoms with E-state index in [2.05, 4.69) is 20.8 Å². The number of hydrogen-bond donors (Lipinski definition) is 2. The van der Waals surface area contributed by atoms with Crippen molar-refractivity contribution in [2.45, 2.75) is 10.8 Å². The summed E-state index contributed by atoms with van der Waals surface area (Å²) in [5, 5.41) is 14.4. The van der Waals surface area contributed by atoms with Gasteiger partial charge < -0.3 is 20.1 Å². The first-order valence-corrected chi connectivity index (χ1v) is 8.88. The van der Waals surface area contributed by atoms with Crippen LogP contribution in [0.4, 0.5) is 10.8 Å². The normalized spacial score (nSPS) is 13.3. The summed E-state index contributed by atoms with van der Waals surface area (Å²) in [7, 11) is 1.78. The van der Waals surface area contributed by atoms with Gasteiger partial charge in [-0.3, -0.25) is 4.79 Å². The minimum atomic E-state index is -0.106. The molecule has 1 aliphatic heterocycles. The van der Waals surface area contributed by atoms with Gasteiger partial charge in [0, 0.05) is 25.2 Å². The number of fused-ring (bicyclic) bond motifs is 1. The molecule has 0 aliphatic carbocycles. The lowest BCUT2D eigenvalue weighted by Crippen LogP contribution is -2.14. The topological polar surface area (TPSA) is 85.4 Å². The van der Waals surface area contributed by atoms with Crippen LogP contribution in [-0.4, -0.2) is 42.1 Å². The number of anilines is 2. The van der Waals surface area contributed by atoms with Crippen LogP contribution in [0.5, 0.6) is 11.5 Å². The number of nitrogens with zero attached hydrogens (tertiary/aromatic N) is 2. The van der Waals surface area contributed by atoms with E-state index < -0.39 is 0 Å². The molecule has 2 aromatic rings. The molecule has 1 aromatic carbocycles. The van der Waals surface area contributed by atoms with Crippen LogP contribution in [0, 0.1) is 0 Å². The third-order valence-electron chi connectivity index (χ3n) is 2.98. The summed E-state index contributed by atoms with van der Waals surface area (Å²) < 4.78 is 11.9. The second-order valence-electron chi connectivity index (χ2n) is 4.67.